The number of hydrogen-bond donors (Lipinski definition) is 2. The van der Waals surface area contributed by atoms with Crippen LogP contribution >= 0.6 is 23.2 Å². The van der Waals surface area contributed by atoms with Crippen LogP contribution in [0.3, 0.4) is 0 Å². The Kier molecular flexibility index (Phi) is 9.23. The molecule has 1 unspecified atom stereocenters. The number of amides is 1. The van der Waals surface area contributed by atoms with E-state index in [0.29, 0.717) is 58.9 Å². The minimum absolute atomic E-state index is 0.0470. The minimum Gasteiger partial charge on any atom is -0.489 e. The lowest BCUT2D eigenvalue weighted by atomic mass is 10.0. The molecule has 1 fully saturated rings. The number of benzene rings is 3. The zero-order valence-electron chi connectivity index (χ0n) is 20.6. The lowest BCUT2D eigenvalue weighted by Crippen LogP contribution is -2.42. The molecule has 3 aromatic carbocycles. The van der Waals surface area contributed by atoms with Gasteiger partial charge < -0.3 is 24.8 Å². The number of carbonyl (C=O) groups excluding carboxylic acids is 1. The number of halogens is 2. The summed E-state index contributed by atoms with van der Waals surface area (Å²) in [6.45, 7) is 2.28. The maximum atomic E-state index is 13.1. The molecule has 1 heterocycles. The number of nitro groups is 1. The molecule has 0 spiro atoms. The summed E-state index contributed by atoms with van der Waals surface area (Å²) in [6.07, 6.45) is -0.0470. The molecule has 0 radical (unpaired) electrons. The lowest BCUT2D eigenvalue weighted by molar-refractivity contribution is -0.385. The molecule has 0 aliphatic carbocycles. The second kappa shape index (κ2) is 12.8. The van der Waals surface area contributed by atoms with Gasteiger partial charge in [-0.05, 0) is 42.0 Å². The third-order valence-electron chi connectivity index (χ3n) is 6.21. The molecular formula is C27H25Cl2N3O7. The second-order valence-electron chi connectivity index (χ2n) is 8.76. The van der Waals surface area contributed by atoms with Gasteiger partial charge in [0.2, 0.25) is 0 Å². The highest BCUT2D eigenvalue weighted by Crippen LogP contribution is 2.27. The van der Waals surface area contributed by atoms with E-state index in [1.807, 2.05) is 4.90 Å². The van der Waals surface area contributed by atoms with E-state index in [0.717, 1.165) is 0 Å². The van der Waals surface area contributed by atoms with Gasteiger partial charge >= 0.3 is 5.97 Å². The summed E-state index contributed by atoms with van der Waals surface area (Å²) in [5, 5.41) is 24.7. The SMILES string of the molecule is O=C(NC(Cc1ccc(OCc2c(Cl)cccc2Cl)cc1)C(=O)O)c1cc(N2CCOCC2)ccc1[N+](=O)[O-]. The van der Waals surface area contributed by atoms with Crippen molar-refractivity contribution < 1.29 is 29.1 Å². The van der Waals surface area contributed by atoms with Gasteiger partial charge in [-0.2, -0.15) is 0 Å². The fourth-order valence-electron chi connectivity index (χ4n) is 4.10. The zero-order valence-corrected chi connectivity index (χ0v) is 22.2. The van der Waals surface area contributed by atoms with Gasteiger partial charge in [-0.3, -0.25) is 14.9 Å². The molecule has 39 heavy (non-hydrogen) atoms. The summed E-state index contributed by atoms with van der Waals surface area (Å²) in [7, 11) is 0. The van der Waals surface area contributed by atoms with E-state index in [1.165, 1.54) is 12.1 Å². The molecule has 0 aromatic heterocycles. The van der Waals surface area contributed by atoms with Gasteiger partial charge in [-0.15, -0.1) is 0 Å². The molecule has 1 aliphatic heterocycles. The Hall–Kier alpha value is -3.86. The molecule has 1 atom stereocenters. The van der Waals surface area contributed by atoms with Crippen molar-refractivity contribution in [2.75, 3.05) is 31.2 Å². The average Bonchev–Trinajstić information content (AvgIpc) is 2.93. The van der Waals surface area contributed by atoms with Crippen molar-refractivity contribution in [1.29, 1.82) is 0 Å². The van der Waals surface area contributed by atoms with Crippen LogP contribution in [0, 0.1) is 10.1 Å². The number of rotatable bonds is 10. The number of anilines is 1. The third kappa shape index (κ3) is 7.17. The summed E-state index contributed by atoms with van der Waals surface area (Å²) in [6, 6.07) is 14.7. The molecular weight excluding hydrogens is 549 g/mol. The number of carboxylic acids is 1. The molecule has 204 valence electrons. The van der Waals surface area contributed by atoms with Gasteiger partial charge in [0.25, 0.3) is 11.6 Å². The van der Waals surface area contributed by atoms with E-state index in [9.17, 15) is 24.8 Å². The summed E-state index contributed by atoms with van der Waals surface area (Å²) < 4.78 is 11.1. The molecule has 1 aliphatic rings. The van der Waals surface area contributed by atoms with Crippen LogP contribution in [0.5, 0.6) is 5.75 Å². The first kappa shape index (κ1) is 28.2. The second-order valence-corrected chi connectivity index (χ2v) is 9.57. The van der Waals surface area contributed by atoms with Gasteiger partial charge in [-0.25, -0.2) is 4.79 Å². The highest BCUT2D eigenvalue weighted by Gasteiger charge is 2.27. The maximum Gasteiger partial charge on any atom is 0.326 e. The number of hydrogen-bond acceptors (Lipinski definition) is 7. The largest absolute Gasteiger partial charge is 0.489 e. The lowest BCUT2D eigenvalue weighted by Gasteiger charge is -2.29. The Balaban J connectivity index is 1.45. The zero-order chi connectivity index (χ0) is 27.9. The number of aliphatic carboxylic acids is 1. The molecule has 12 heteroatoms. The first-order valence-electron chi connectivity index (χ1n) is 12.0. The van der Waals surface area contributed by atoms with E-state index < -0.39 is 28.5 Å². The Morgan fingerprint density at radius 3 is 2.36 bits per heavy atom. The molecule has 0 bridgehead atoms. The smallest absolute Gasteiger partial charge is 0.326 e. The van der Waals surface area contributed by atoms with Crippen LogP contribution in [0.2, 0.25) is 10.0 Å². The van der Waals surface area contributed by atoms with Gasteiger partial charge in [0.1, 0.15) is 24.0 Å². The summed E-state index contributed by atoms with van der Waals surface area (Å²) >= 11 is 12.3. The van der Waals surface area contributed by atoms with Crippen LogP contribution in [0.25, 0.3) is 0 Å². The number of morpholine rings is 1. The quantitative estimate of drug-likeness (QED) is 0.262. The number of nitrogens with one attached hydrogen (secondary N) is 1. The van der Waals surface area contributed by atoms with E-state index in [2.05, 4.69) is 5.32 Å². The fraction of sp³-hybridized carbons (Fsp3) is 0.259. The average molecular weight is 574 g/mol. The Morgan fingerprint density at radius 1 is 1.08 bits per heavy atom. The van der Waals surface area contributed by atoms with Crippen molar-refractivity contribution in [2.45, 2.75) is 19.1 Å². The van der Waals surface area contributed by atoms with Gasteiger partial charge in [0, 0.05) is 46.9 Å². The molecule has 2 N–H and O–H groups in total. The Morgan fingerprint density at radius 2 is 1.74 bits per heavy atom. The van der Waals surface area contributed by atoms with Crippen LogP contribution in [-0.2, 0) is 22.6 Å². The third-order valence-corrected chi connectivity index (χ3v) is 6.92. The predicted octanol–water partition coefficient (Wildman–Crippen LogP) is 4.74. The number of nitro benzene ring substituents is 1. The highest BCUT2D eigenvalue weighted by atomic mass is 35.5. The van der Waals surface area contributed by atoms with Gasteiger partial charge in [0.15, 0.2) is 0 Å². The van der Waals surface area contributed by atoms with Crippen LogP contribution < -0.4 is 15.0 Å². The molecule has 10 nitrogen and oxygen atoms in total. The number of ether oxygens (including phenoxy) is 2. The van der Waals surface area contributed by atoms with E-state index >= 15 is 0 Å². The summed E-state index contributed by atoms with van der Waals surface area (Å²) in [5.41, 5.74) is 1.26. The molecule has 3 aromatic rings. The van der Waals surface area contributed by atoms with Crippen LogP contribution in [0.4, 0.5) is 11.4 Å². The van der Waals surface area contributed by atoms with Crippen LogP contribution in [0.1, 0.15) is 21.5 Å². The van der Waals surface area contributed by atoms with Crippen LogP contribution in [-0.4, -0.2) is 54.3 Å². The van der Waals surface area contributed by atoms with Gasteiger partial charge in [-0.1, -0.05) is 41.4 Å². The fourth-order valence-corrected chi connectivity index (χ4v) is 4.61. The number of carboxylic acid groups (broad SMARTS) is 1. The van der Waals surface area contributed by atoms with Gasteiger partial charge in [0.05, 0.1) is 18.1 Å². The van der Waals surface area contributed by atoms with Crippen molar-refractivity contribution >= 4 is 46.5 Å². The monoisotopic (exact) mass is 573 g/mol. The topological polar surface area (TPSA) is 131 Å². The normalized spacial score (nSPS) is 13.9. The van der Waals surface area contributed by atoms with Crippen molar-refractivity contribution in [3.63, 3.8) is 0 Å². The molecule has 1 amide bonds. The highest BCUT2D eigenvalue weighted by molar-refractivity contribution is 6.35. The van der Waals surface area contributed by atoms with Crippen molar-refractivity contribution in [1.82, 2.24) is 5.32 Å². The number of carbonyl (C=O) groups is 2. The van der Waals surface area contributed by atoms with E-state index in [4.69, 9.17) is 32.7 Å². The minimum atomic E-state index is -1.32. The first-order chi connectivity index (χ1) is 18.7. The van der Waals surface area contributed by atoms with Crippen molar-refractivity contribution in [3.8, 4) is 5.75 Å². The molecule has 1 saturated heterocycles. The van der Waals surface area contributed by atoms with Crippen molar-refractivity contribution in [2.24, 2.45) is 0 Å². The Bertz CT molecular complexity index is 1340. The first-order valence-corrected chi connectivity index (χ1v) is 12.8. The van der Waals surface area contributed by atoms with E-state index in [1.54, 1.807) is 48.5 Å². The Labute approximate surface area is 234 Å². The number of nitrogens with zero attached hydrogens (tertiary/aromatic N) is 2. The van der Waals surface area contributed by atoms with Crippen molar-refractivity contribution in [3.05, 3.63) is 97.5 Å². The predicted molar refractivity (Wildman–Crippen MR) is 146 cm³/mol. The summed E-state index contributed by atoms with van der Waals surface area (Å²) in [4.78, 5) is 37.9. The van der Waals surface area contributed by atoms with E-state index in [-0.39, 0.29) is 18.6 Å². The molecule has 0 saturated carbocycles. The van der Waals surface area contributed by atoms with Crippen LogP contribution in [0.15, 0.2) is 60.7 Å². The maximum absolute atomic E-state index is 13.1. The molecule has 4 rings (SSSR count). The standard InChI is InChI=1S/C27H25Cl2N3O7/c28-22-2-1-3-23(29)21(22)16-39-19-7-4-17(5-8-19)14-24(27(34)35)30-26(33)20-15-18(6-9-25(20)32(36)37)31-10-12-38-13-11-31/h1-9,15,24H,10-14,16H2,(H,30,33)(H,34,35). The summed E-state index contributed by atoms with van der Waals surface area (Å²) in [5.74, 6) is -1.61.